The third-order valence-electron chi connectivity index (χ3n) is 5.21. The summed E-state index contributed by atoms with van der Waals surface area (Å²) in [5.74, 6) is -0.349. The highest BCUT2D eigenvalue weighted by molar-refractivity contribution is 6.01. The standard InChI is InChI=1S/C25H30F4N2O3/c1-24(2,3)33-16-21(32)14-31(13-17-5-4-6-19(11-17)25(27,28)29)15-22-12-23(30-34-22)18-7-9-20(26)10-8-18/h4-11,21-22,32H,12-16H2,1-3H3/t21-,22-/m1/s1. The Morgan fingerprint density at radius 2 is 1.85 bits per heavy atom. The van der Waals surface area contributed by atoms with Gasteiger partial charge in [-0.1, -0.05) is 35.5 Å². The van der Waals surface area contributed by atoms with Crippen LogP contribution < -0.4 is 0 Å². The summed E-state index contributed by atoms with van der Waals surface area (Å²) in [6.07, 6.45) is -5.18. The molecule has 186 valence electrons. The highest BCUT2D eigenvalue weighted by Crippen LogP contribution is 2.30. The van der Waals surface area contributed by atoms with Crippen LogP contribution in [0.3, 0.4) is 0 Å². The minimum absolute atomic E-state index is 0.0887. The second kappa shape index (κ2) is 10.8. The zero-order valence-corrected chi connectivity index (χ0v) is 19.5. The average Bonchev–Trinajstić information content (AvgIpc) is 3.20. The molecule has 5 nitrogen and oxygen atoms in total. The number of hydrogen-bond acceptors (Lipinski definition) is 5. The SMILES string of the molecule is CC(C)(C)OC[C@H](O)CN(Cc1cccc(C(F)(F)F)c1)C[C@H]1CC(c2ccc(F)cc2)=NO1. The number of aliphatic hydroxyl groups is 1. The zero-order chi connectivity index (χ0) is 24.9. The number of oxime groups is 1. The van der Waals surface area contributed by atoms with Crippen molar-refractivity contribution in [1.82, 2.24) is 4.90 Å². The van der Waals surface area contributed by atoms with Crippen LogP contribution in [0, 0.1) is 5.82 Å². The summed E-state index contributed by atoms with van der Waals surface area (Å²) in [7, 11) is 0. The average molecular weight is 483 g/mol. The summed E-state index contributed by atoms with van der Waals surface area (Å²) >= 11 is 0. The van der Waals surface area contributed by atoms with Crippen molar-refractivity contribution in [2.24, 2.45) is 5.16 Å². The van der Waals surface area contributed by atoms with Crippen LogP contribution in [0.4, 0.5) is 17.6 Å². The maximum atomic E-state index is 13.2. The van der Waals surface area contributed by atoms with E-state index in [0.29, 0.717) is 24.2 Å². The largest absolute Gasteiger partial charge is 0.416 e. The molecule has 0 radical (unpaired) electrons. The van der Waals surface area contributed by atoms with Crippen LogP contribution in [0.2, 0.25) is 0 Å². The van der Waals surface area contributed by atoms with Crippen LogP contribution in [0.1, 0.15) is 43.9 Å². The maximum Gasteiger partial charge on any atom is 0.416 e. The molecule has 0 aliphatic carbocycles. The van der Waals surface area contributed by atoms with Crippen molar-refractivity contribution in [3.05, 3.63) is 71.0 Å². The lowest BCUT2D eigenvalue weighted by molar-refractivity contribution is -0.137. The highest BCUT2D eigenvalue weighted by atomic mass is 19.4. The Morgan fingerprint density at radius 1 is 1.15 bits per heavy atom. The Bertz CT molecular complexity index is 971. The van der Waals surface area contributed by atoms with Gasteiger partial charge in [0, 0.05) is 26.1 Å². The number of hydrogen-bond donors (Lipinski definition) is 1. The lowest BCUT2D eigenvalue weighted by Crippen LogP contribution is -2.40. The molecule has 0 bridgehead atoms. The minimum atomic E-state index is -4.44. The Morgan fingerprint density at radius 3 is 2.50 bits per heavy atom. The van der Waals surface area contributed by atoms with Gasteiger partial charge in [0.2, 0.25) is 0 Å². The Labute approximate surface area is 197 Å². The van der Waals surface area contributed by atoms with Crippen LogP contribution in [0.5, 0.6) is 0 Å². The van der Waals surface area contributed by atoms with Gasteiger partial charge in [-0.25, -0.2) is 4.39 Å². The van der Waals surface area contributed by atoms with Gasteiger partial charge in [-0.2, -0.15) is 13.2 Å². The summed E-state index contributed by atoms with van der Waals surface area (Å²) in [4.78, 5) is 7.39. The molecule has 3 rings (SSSR count). The summed E-state index contributed by atoms with van der Waals surface area (Å²) in [5.41, 5.74) is 0.726. The van der Waals surface area contributed by atoms with E-state index in [9.17, 15) is 22.7 Å². The van der Waals surface area contributed by atoms with E-state index in [-0.39, 0.29) is 31.6 Å². The van der Waals surface area contributed by atoms with E-state index < -0.39 is 23.4 Å². The first kappa shape index (κ1) is 26.1. The summed E-state index contributed by atoms with van der Waals surface area (Å²) in [6.45, 7) is 6.41. The van der Waals surface area contributed by atoms with Gasteiger partial charge in [0.1, 0.15) is 11.9 Å². The third-order valence-corrected chi connectivity index (χ3v) is 5.21. The number of alkyl halides is 3. The van der Waals surface area contributed by atoms with E-state index in [1.165, 1.54) is 18.2 Å². The Hall–Kier alpha value is -2.49. The fourth-order valence-electron chi connectivity index (χ4n) is 3.63. The minimum Gasteiger partial charge on any atom is -0.390 e. The van der Waals surface area contributed by atoms with Crippen molar-refractivity contribution in [2.75, 3.05) is 19.7 Å². The lowest BCUT2D eigenvalue weighted by atomic mass is 10.0. The van der Waals surface area contributed by atoms with Crippen LogP contribution in [0.15, 0.2) is 53.7 Å². The van der Waals surface area contributed by atoms with Gasteiger partial charge in [-0.05, 0) is 50.1 Å². The molecule has 0 saturated carbocycles. The third kappa shape index (κ3) is 8.07. The molecule has 2 aromatic rings. The number of ether oxygens (including phenoxy) is 1. The predicted molar refractivity (Wildman–Crippen MR) is 121 cm³/mol. The molecule has 0 saturated heterocycles. The molecule has 0 fully saturated rings. The molecule has 0 aromatic heterocycles. The van der Waals surface area contributed by atoms with Crippen LogP contribution in [0.25, 0.3) is 0 Å². The van der Waals surface area contributed by atoms with E-state index in [0.717, 1.165) is 17.7 Å². The topological polar surface area (TPSA) is 54.3 Å². The molecule has 1 N–H and O–H groups in total. The summed E-state index contributed by atoms with van der Waals surface area (Å²) in [5, 5.41) is 14.6. The fraction of sp³-hybridized carbons (Fsp3) is 0.480. The van der Waals surface area contributed by atoms with E-state index in [2.05, 4.69) is 5.16 Å². The Kier molecular flexibility index (Phi) is 8.33. The van der Waals surface area contributed by atoms with Crippen molar-refractivity contribution < 1.29 is 32.2 Å². The number of rotatable bonds is 9. The second-order valence-corrected chi connectivity index (χ2v) is 9.45. The number of benzene rings is 2. The van der Waals surface area contributed by atoms with Gasteiger partial charge >= 0.3 is 6.18 Å². The molecule has 2 atom stereocenters. The van der Waals surface area contributed by atoms with Crippen LogP contribution in [-0.2, 0) is 22.3 Å². The van der Waals surface area contributed by atoms with E-state index in [1.807, 2.05) is 25.7 Å². The van der Waals surface area contributed by atoms with Crippen molar-refractivity contribution in [2.45, 2.75) is 57.7 Å². The molecule has 0 spiro atoms. The second-order valence-electron chi connectivity index (χ2n) is 9.45. The molecule has 1 heterocycles. The van der Waals surface area contributed by atoms with Crippen molar-refractivity contribution >= 4 is 5.71 Å². The quantitative estimate of drug-likeness (QED) is 0.511. The van der Waals surface area contributed by atoms with Gasteiger partial charge in [0.05, 0.1) is 29.6 Å². The first-order valence-corrected chi connectivity index (χ1v) is 11.1. The van der Waals surface area contributed by atoms with Crippen LogP contribution >= 0.6 is 0 Å². The van der Waals surface area contributed by atoms with Crippen molar-refractivity contribution in [3.63, 3.8) is 0 Å². The molecular formula is C25H30F4N2O3. The molecule has 1 aliphatic rings. The van der Waals surface area contributed by atoms with E-state index in [1.54, 1.807) is 18.2 Å². The molecule has 9 heteroatoms. The van der Waals surface area contributed by atoms with Crippen molar-refractivity contribution in [3.8, 4) is 0 Å². The van der Waals surface area contributed by atoms with Gasteiger partial charge in [-0.15, -0.1) is 0 Å². The predicted octanol–water partition coefficient (Wildman–Crippen LogP) is 5.02. The van der Waals surface area contributed by atoms with Gasteiger partial charge in [-0.3, -0.25) is 4.90 Å². The first-order valence-electron chi connectivity index (χ1n) is 11.1. The highest BCUT2D eigenvalue weighted by Gasteiger charge is 2.31. The molecule has 0 unspecified atom stereocenters. The number of aliphatic hydroxyl groups excluding tert-OH is 1. The van der Waals surface area contributed by atoms with Gasteiger partial charge in [0.15, 0.2) is 0 Å². The summed E-state index contributed by atoms with van der Waals surface area (Å²) in [6, 6.07) is 11.1. The molecule has 2 aromatic carbocycles. The van der Waals surface area contributed by atoms with Crippen LogP contribution in [-0.4, -0.2) is 53.2 Å². The normalized spacial score (nSPS) is 17.6. The fourth-order valence-corrected chi connectivity index (χ4v) is 3.63. The lowest BCUT2D eigenvalue weighted by Gasteiger charge is -2.28. The van der Waals surface area contributed by atoms with Crippen molar-refractivity contribution in [1.29, 1.82) is 0 Å². The molecule has 0 amide bonds. The number of nitrogens with zero attached hydrogens (tertiary/aromatic N) is 2. The van der Waals surface area contributed by atoms with E-state index >= 15 is 0 Å². The van der Waals surface area contributed by atoms with Gasteiger partial charge in [0.25, 0.3) is 0 Å². The summed E-state index contributed by atoms with van der Waals surface area (Å²) < 4.78 is 58.3. The first-order chi connectivity index (χ1) is 15.9. The monoisotopic (exact) mass is 482 g/mol. The molecule has 1 aliphatic heterocycles. The molecular weight excluding hydrogens is 452 g/mol. The smallest absolute Gasteiger partial charge is 0.390 e. The Balaban J connectivity index is 1.68. The number of halogens is 4. The van der Waals surface area contributed by atoms with Gasteiger partial charge < -0.3 is 14.7 Å². The van der Waals surface area contributed by atoms with E-state index in [4.69, 9.17) is 9.57 Å². The molecule has 34 heavy (non-hydrogen) atoms. The zero-order valence-electron chi connectivity index (χ0n) is 19.5. The maximum absolute atomic E-state index is 13.2.